The quantitative estimate of drug-likeness (QED) is 0.607. The van der Waals surface area contributed by atoms with Crippen molar-refractivity contribution in [3.63, 3.8) is 0 Å². The normalized spacial score (nSPS) is 20.6. The van der Waals surface area contributed by atoms with E-state index in [-0.39, 0.29) is 66.0 Å². The van der Waals surface area contributed by atoms with E-state index in [0.717, 1.165) is 0 Å². The minimum Gasteiger partial charge on any atom is -0.381 e. The molecule has 176 valence electrons. The molecule has 0 radical (unpaired) electrons. The number of aromatic nitrogens is 2. The number of imidazole rings is 1. The van der Waals surface area contributed by atoms with Gasteiger partial charge in [0.25, 0.3) is 5.91 Å². The summed E-state index contributed by atoms with van der Waals surface area (Å²) >= 11 is 6.33. The number of alkyl halides is 5. The molecule has 0 aromatic carbocycles. The van der Waals surface area contributed by atoms with Crippen LogP contribution in [0.2, 0.25) is 5.02 Å². The third kappa shape index (κ3) is 4.85. The van der Waals surface area contributed by atoms with Crippen molar-refractivity contribution in [2.45, 2.75) is 63.1 Å². The molecule has 1 saturated heterocycles. The number of rotatable bonds is 4. The van der Waals surface area contributed by atoms with Gasteiger partial charge in [-0.3, -0.25) is 4.79 Å². The average Bonchev–Trinajstić information content (AvgIpc) is 3.10. The fourth-order valence-corrected chi connectivity index (χ4v) is 4.69. The summed E-state index contributed by atoms with van der Waals surface area (Å²) in [5, 5.41) is 2.66. The van der Waals surface area contributed by atoms with E-state index in [1.54, 1.807) is 0 Å². The highest BCUT2D eigenvalue weighted by Gasteiger charge is 2.41. The first-order valence-corrected chi connectivity index (χ1v) is 11.0. The molecule has 32 heavy (non-hydrogen) atoms. The fourth-order valence-electron chi connectivity index (χ4n) is 4.40. The minimum atomic E-state index is -4.74. The third-order valence-electron chi connectivity index (χ3n) is 6.22. The standard InChI is InChI=1S/C21H23ClF5N3O2/c22-16-14(19(31)28-13-4-9-32-10-5-13)3-8-30-15(17(21(25,26)27)29-18(16)30)11-12-1-6-20(23,24)7-2-12/h3,8,12-13H,1-2,4-7,9-11H2,(H,28,31). The van der Waals surface area contributed by atoms with E-state index in [1.165, 1.54) is 16.7 Å². The number of nitrogens with zero attached hydrogens (tertiary/aromatic N) is 2. The zero-order valence-electron chi connectivity index (χ0n) is 17.2. The van der Waals surface area contributed by atoms with E-state index in [0.29, 0.717) is 26.1 Å². The van der Waals surface area contributed by atoms with Gasteiger partial charge in [-0.05, 0) is 44.1 Å². The number of amides is 1. The van der Waals surface area contributed by atoms with Crippen molar-refractivity contribution < 1.29 is 31.5 Å². The van der Waals surface area contributed by atoms with E-state index in [2.05, 4.69) is 10.3 Å². The Kier molecular flexibility index (Phi) is 6.37. The summed E-state index contributed by atoms with van der Waals surface area (Å²) < 4.78 is 74.6. The maximum Gasteiger partial charge on any atom is 0.435 e. The van der Waals surface area contributed by atoms with Crippen molar-refractivity contribution in [2.75, 3.05) is 13.2 Å². The lowest BCUT2D eigenvalue weighted by Crippen LogP contribution is -2.39. The van der Waals surface area contributed by atoms with Crippen molar-refractivity contribution in [1.29, 1.82) is 0 Å². The van der Waals surface area contributed by atoms with Crippen LogP contribution in [0.25, 0.3) is 5.65 Å². The van der Waals surface area contributed by atoms with Crippen LogP contribution in [0.3, 0.4) is 0 Å². The second-order valence-electron chi connectivity index (χ2n) is 8.51. The van der Waals surface area contributed by atoms with Crippen LogP contribution >= 0.6 is 11.6 Å². The second-order valence-corrected chi connectivity index (χ2v) is 8.88. The summed E-state index contributed by atoms with van der Waals surface area (Å²) in [5.74, 6) is -3.57. The van der Waals surface area contributed by atoms with Gasteiger partial charge in [0, 0.05) is 38.3 Å². The maximum absolute atomic E-state index is 13.7. The number of nitrogens with one attached hydrogen (secondary N) is 1. The summed E-state index contributed by atoms with van der Waals surface area (Å²) in [5.41, 5.74) is -1.36. The number of ether oxygens (including phenoxy) is 1. The lowest BCUT2D eigenvalue weighted by molar-refractivity contribution is -0.141. The predicted octanol–water partition coefficient (Wildman–Crippen LogP) is 5.28. The summed E-state index contributed by atoms with van der Waals surface area (Å²) in [6.45, 7) is 1.03. The molecule has 1 aliphatic heterocycles. The van der Waals surface area contributed by atoms with Crippen molar-refractivity contribution in [1.82, 2.24) is 14.7 Å². The molecular weight excluding hydrogens is 457 g/mol. The Morgan fingerprint density at radius 2 is 1.88 bits per heavy atom. The Bertz CT molecular complexity index is 991. The summed E-state index contributed by atoms with van der Waals surface area (Å²) in [7, 11) is 0. The first-order chi connectivity index (χ1) is 15.0. The Balaban J connectivity index is 1.64. The van der Waals surface area contributed by atoms with Gasteiger partial charge in [-0.15, -0.1) is 0 Å². The molecule has 2 aromatic heterocycles. The van der Waals surface area contributed by atoms with Crippen molar-refractivity contribution in [2.24, 2.45) is 5.92 Å². The monoisotopic (exact) mass is 479 g/mol. The van der Waals surface area contributed by atoms with Crippen LogP contribution in [-0.2, 0) is 17.3 Å². The zero-order valence-corrected chi connectivity index (χ0v) is 17.9. The molecule has 0 unspecified atom stereocenters. The molecule has 1 N–H and O–H groups in total. The topological polar surface area (TPSA) is 55.6 Å². The van der Waals surface area contributed by atoms with Gasteiger partial charge >= 0.3 is 6.18 Å². The Labute approximate surface area is 186 Å². The molecule has 0 atom stereocenters. The van der Waals surface area contributed by atoms with Crippen LogP contribution in [0.5, 0.6) is 0 Å². The molecular formula is C21H23ClF5N3O2. The Hall–Kier alpha value is -1.94. The number of fused-ring (bicyclic) bond motifs is 1. The molecule has 3 heterocycles. The molecule has 1 saturated carbocycles. The van der Waals surface area contributed by atoms with E-state index in [1.807, 2.05) is 0 Å². The smallest absolute Gasteiger partial charge is 0.381 e. The molecule has 4 rings (SSSR count). The molecule has 1 amide bonds. The number of carbonyl (C=O) groups is 1. The van der Waals surface area contributed by atoms with Crippen LogP contribution in [0, 0.1) is 5.92 Å². The number of carbonyl (C=O) groups excluding carboxylic acids is 1. The molecule has 1 aliphatic carbocycles. The molecule has 2 aliphatic rings. The van der Waals surface area contributed by atoms with E-state index >= 15 is 0 Å². The maximum atomic E-state index is 13.7. The third-order valence-corrected chi connectivity index (χ3v) is 6.59. The van der Waals surface area contributed by atoms with Gasteiger partial charge in [0.05, 0.1) is 16.3 Å². The van der Waals surface area contributed by atoms with Crippen LogP contribution in [0.4, 0.5) is 22.0 Å². The largest absolute Gasteiger partial charge is 0.435 e. The molecule has 0 spiro atoms. The highest BCUT2D eigenvalue weighted by molar-refractivity contribution is 6.36. The summed E-state index contributed by atoms with van der Waals surface area (Å²) in [6.07, 6.45) is -2.58. The highest BCUT2D eigenvalue weighted by atomic mass is 35.5. The van der Waals surface area contributed by atoms with E-state index < -0.39 is 23.7 Å². The second kappa shape index (κ2) is 8.78. The van der Waals surface area contributed by atoms with Crippen molar-refractivity contribution in [3.8, 4) is 0 Å². The van der Waals surface area contributed by atoms with Crippen LogP contribution in [0.15, 0.2) is 12.3 Å². The predicted molar refractivity (Wildman–Crippen MR) is 107 cm³/mol. The number of halogens is 6. The van der Waals surface area contributed by atoms with E-state index in [9.17, 15) is 26.7 Å². The molecule has 11 heteroatoms. The molecule has 2 aromatic rings. The van der Waals surface area contributed by atoms with Gasteiger partial charge in [-0.2, -0.15) is 13.2 Å². The zero-order chi connectivity index (χ0) is 23.1. The Morgan fingerprint density at radius 3 is 2.50 bits per heavy atom. The van der Waals surface area contributed by atoms with Gasteiger partial charge in [0.1, 0.15) is 0 Å². The van der Waals surface area contributed by atoms with Gasteiger partial charge in [0.2, 0.25) is 5.92 Å². The minimum absolute atomic E-state index is 0.0354. The fraction of sp³-hybridized carbons (Fsp3) is 0.619. The van der Waals surface area contributed by atoms with Gasteiger partial charge in [-0.25, -0.2) is 13.8 Å². The molecule has 5 nitrogen and oxygen atoms in total. The average molecular weight is 480 g/mol. The summed E-state index contributed by atoms with van der Waals surface area (Å²) in [6, 6.07) is 1.26. The van der Waals surface area contributed by atoms with Crippen LogP contribution in [0.1, 0.15) is 60.3 Å². The molecule has 2 fully saturated rings. The first kappa shape index (κ1) is 23.2. The number of hydrogen-bond acceptors (Lipinski definition) is 3. The molecule has 0 bridgehead atoms. The van der Waals surface area contributed by atoms with Gasteiger partial charge < -0.3 is 14.5 Å². The highest BCUT2D eigenvalue weighted by Crippen LogP contribution is 2.40. The lowest BCUT2D eigenvalue weighted by Gasteiger charge is -2.28. The SMILES string of the molecule is O=C(NC1CCOCC1)c1ccn2c(CC3CCC(F)(F)CC3)c(C(F)(F)F)nc2c1Cl. The number of pyridine rings is 1. The van der Waals surface area contributed by atoms with Crippen LogP contribution < -0.4 is 5.32 Å². The number of hydrogen-bond donors (Lipinski definition) is 1. The lowest BCUT2D eigenvalue weighted by atomic mass is 9.83. The van der Waals surface area contributed by atoms with Crippen LogP contribution in [-0.4, -0.2) is 40.5 Å². The van der Waals surface area contributed by atoms with Gasteiger partial charge in [-0.1, -0.05) is 11.6 Å². The van der Waals surface area contributed by atoms with E-state index in [4.69, 9.17) is 16.3 Å². The van der Waals surface area contributed by atoms with Crippen molar-refractivity contribution in [3.05, 3.63) is 34.2 Å². The van der Waals surface area contributed by atoms with Gasteiger partial charge in [0.15, 0.2) is 11.3 Å². The van der Waals surface area contributed by atoms with Crippen molar-refractivity contribution >= 4 is 23.2 Å². The summed E-state index contributed by atoms with van der Waals surface area (Å²) in [4.78, 5) is 16.4. The Morgan fingerprint density at radius 1 is 1.22 bits per heavy atom. The first-order valence-electron chi connectivity index (χ1n) is 10.6.